The Morgan fingerprint density at radius 1 is 1.46 bits per heavy atom. The van der Waals surface area contributed by atoms with E-state index >= 15 is 0 Å². The first-order valence-corrected chi connectivity index (χ1v) is 4.50. The Morgan fingerprint density at radius 2 is 2.23 bits per heavy atom. The number of carbonyl (C=O) groups is 1. The van der Waals surface area contributed by atoms with E-state index < -0.39 is 12.2 Å². The molecule has 5 heteroatoms. The monoisotopic (exact) mass is 186 g/mol. The van der Waals surface area contributed by atoms with E-state index in [1.807, 2.05) is 6.92 Å². The highest BCUT2D eigenvalue weighted by Gasteiger charge is 2.28. The highest BCUT2D eigenvalue weighted by molar-refractivity contribution is 5.74. The zero-order chi connectivity index (χ0) is 9.68. The van der Waals surface area contributed by atoms with Gasteiger partial charge >= 0.3 is 5.97 Å². The Hall–Kier alpha value is -0.970. The molecule has 2 atom stereocenters. The van der Waals surface area contributed by atoms with Crippen LogP contribution in [0.4, 0.5) is 0 Å². The number of azo groups is 1. The van der Waals surface area contributed by atoms with Crippen molar-refractivity contribution in [1.82, 2.24) is 0 Å². The van der Waals surface area contributed by atoms with Gasteiger partial charge in [-0.05, 0) is 13.3 Å². The van der Waals surface area contributed by atoms with Gasteiger partial charge in [0.1, 0.15) is 0 Å². The quantitative estimate of drug-likeness (QED) is 0.625. The Kier molecular flexibility index (Phi) is 3.82. The van der Waals surface area contributed by atoms with Crippen molar-refractivity contribution >= 4 is 5.97 Å². The van der Waals surface area contributed by atoms with Crippen LogP contribution in [0.15, 0.2) is 10.2 Å². The molecule has 0 amide bonds. The van der Waals surface area contributed by atoms with Crippen molar-refractivity contribution < 1.29 is 14.3 Å². The fraction of sp³-hybridized carbons (Fsp3) is 0.875. The van der Waals surface area contributed by atoms with Crippen LogP contribution in [0.2, 0.25) is 0 Å². The molecule has 0 aromatic carbocycles. The van der Waals surface area contributed by atoms with Crippen LogP contribution in [0.5, 0.6) is 0 Å². The third-order valence-corrected chi connectivity index (χ3v) is 1.61. The molecule has 0 bridgehead atoms. The average molecular weight is 186 g/mol. The van der Waals surface area contributed by atoms with Crippen LogP contribution in [-0.2, 0) is 14.3 Å². The zero-order valence-corrected chi connectivity index (χ0v) is 7.90. The maximum atomic E-state index is 11.1. The van der Waals surface area contributed by atoms with Gasteiger partial charge in [-0.15, -0.1) is 5.11 Å². The second-order valence-corrected chi connectivity index (χ2v) is 2.71. The number of rotatable bonds is 4. The van der Waals surface area contributed by atoms with Crippen molar-refractivity contribution in [3.63, 3.8) is 0 Å². The van der Waals surface area contributed by atoms with E-state index in [-0.39, 0.29) is 6.23 Å². The zero-order valence-electron chi connectivity index (χ0n) is 7.90. The maximum absolute atomic E-state index is 11.1. The first kappa shape index (κ1) is 10.1. The van der Waals surface area contributed by atoms with E-state index in [0.717, 1.165) is 12.8 Å². The number of ether oxygens (including phenoxy) is 2. The van der Waals surface area contributed by atoms with Gasteiger partial charge in [-0.3, -0.25) is 0 Å². The van der Waals surface area contributed by atoms with Crippen LogP contribution in [0, 0.1) is 0 Å². The molecule has 0 fully saturated rings. The summed E-state index contributed by atoms with van der Waals surface area (Å²) in [7, 11) is 0. The largest absolute Gasteiger partial charge is 0.463 e. The molecule has 0 saturated heterocycles. The Morgan fingerprint density at radius 3 is 2.85 bits per heavy atom. The average Bonchev–Trinajstić information content (AvgIpc) is 2.54. The number of hydrogen-bond donors (Lipinski definition) is 0. The van der Waals surface area contributed by atoms with E-state index in [1.165, 1.54) is 0 Å². The van der Waals surface area contributed by atoms with Crippen molar-refractivity contribution in [3.8, 4) is 0 Å². The molecule has 13 heavy (non-hydrogen) atoms. The van der Waals surface area contributed by atoms with Gasteiger partial charge in [-0.25, -0.2) is 4.79 Å². The molecule has 0 aliphatic carbocycles. The fourth-order valence-electron chi connectivity index (χ4n) is 1.03. The van der Waals surface area contributed by atoms with Crippen LogP contribution in [-0.4, -0.2) is 25.0 Å². The van der Waals surface area contributed by atoms with E-state index in [9.17, 15) is 4.79 Å². The van der Waals surface area contributed by atoms with Gasteiger partial charge in [0, 0.05) is 0 Å². The predicted octanol–water partition coefficient (Wildman–Crippen LogP) is 1.48. The van der Waals surface area contributed by atoms with Gasteiger partial charge in [0.15, 0.2) is 6.23 Å². The second-order valence-electron chi connectivity index (χ2n) is 2.71. The molecule has 1 rings (SSSR count). The Labute approximate surface area is 77.1 Å². The molecule has 1 aliphatic heterocycles. The minimum atomic E-state index is -0.837. The molecule has 0 N–H and O–H groups in total. The standard InChI is InChI=1S/C8H14N2O3/c1-3-5-6-9-10-7(13-6)8(11)12-4-2/h6-7H,3-5H2,1-2H3. The summed E-state index contributed by atoms with van der Waals surface area (Å²) in [4.78, 5) is 11.1. The van der Waals surface area contributed by atoms with Crippen molar-refractivity contribution in [2.45, 2.75) is 39.1 Å². The molecule has 0 spiro atoms. The van der Waals surface area contributed by atoms with Crippen molar-refractivity contribution in [2.75, 3.05) is 6.61 Å². The number of carbonyl (C=O) groups excluding carboxylic acids is 1. The lowest BCUT2D eigenvalue weighted by atomic mass is 10.3. The molecule has 74 valence electrons. The van der Waals surface area contributed by atoms with Gasteiger partial charge in [-0.2, -0.15) is 5.11 Å². The molecule has 2 unspecified atom stereocenters. The summed E-state index contributed by atoms with van der Waals surface area (Å²) in [5.41, 5.74) is 0. The van der Waals surface area contributed by atoms with E-state index in [2.05, 4.69) is 10.2 Å². The van der Waals surface area contributed by atoms with Crippen LogP contribution >= 0.6 is 0 Å². The van der Waals surface area contributed by atoms with Gasteiger partial charge < -0.3 is 9.47 Å². The van der Waals surface area contributed by atoms with Gasteiger partial charge in [0.2, 0.25) is 0 Å². The van der Waals surface area contributed by atoms with Gasteiger partial charge in [-0.1, -0.05) is 13.3 Å². The second kappa shape index (κ2) is 4.91. The Bertz CT molecular complexity index is 206. The first-order chi connectivity index (χ1) is 6.27. The minimum absolute atomic E-state index is 0.264. The van der Waals surface area contributed by atoms with Crippen LogP contribution in [0.25, 0.3) is 0 Å². The molecular weight excluding hydrogens is 172 g/mol. The van der Waals surface area contributed by atoms with Crippen LogP contribution in [0.1, 0.15) is 26.7 Å². The number of esters is 1. The van der Waals surface area contributed by atoms with Crippen molar-refractivity contribution in [2.24, 2.45) is 10.2 Å². The topological polar surface area (TPSA) is 60.2 Å². The molecule has 5 nitrogen and oxygen atoms in total. The molecule has 0 radical (unpaired) electrons. The summed E-state index contributed by atoms with van der Waals surface area (Å²) in [6.45, 7) is 4.11. The third kappa shape index (κ3) is 2.77. The molecular formula is C8H14N2O3. The number of hydrogen-bond acceptors (Lipinski definition) is 5. The van der Waals surface area contributed by atoms with Crippen LogP contribution < -0.4 is 0 Å². The Balaban J connectivity index is 2.33. The van der Waals surface area contributed by atoms with Crippen LogP contribution in [0.3, 0.4) is 0 Å². The fourth-order valence-corrected chi connectivity index (χ4v) is 1.03. The summed E-state index contributed by atoms with van der Waals surface area (Å²) in [6.07, 6.45) is 0.648. The highest BCUT2D eigenvalue weighted by Crippen LogP contribution is 2.17. The van der Waals surface area contributed by atoms with E-state index in [1.54, 1.807) is 6.92 Å². The maximum Gasteiger partial charge on any atom is 0.360 e. The summed E-state index contributed by atoms with van der Waals surface area (Å²) in [6, 6.07) is 0. The summed E-state index contributed by atoms with van der Waals surface area (Å²) >= 11 is 0. The summed E-state index contributed by atoms with van der Waals surface area (Å²) < 4.78 is 9.94. The summed E-state index contributed by atoms with van der Waals surface area (Å²) in [5, 5.41) is 7.49. The number of nitrogens with zero attached hydrogens (tertiary/aromatic N) is 2. The molecule has 0 aromatic rings. The third-order valence-electron chi connectivity index (χ3n) is 1.61. The lowest BCUT2D eigenvalue weighted by molar-refractivity contribution is -0.156. The van der Waals surface area contributed by atoms with Crippen molar-refractivity contribution in [1.29, 1.82) is 0 Å². The smallest absolute Gasteiger partial charge is 0.360 e. The summed E-state index contributed by atoms with van der Waals surface area (Å²) in [5.74, 6) is -0.454. The van der Waals surface area contributed by atoms with E-state index in [0.29, 0.717) is 6.61 Å². The lowest BCUT2D eigenvalue weighted by Crippen LogP contribution is -2.24. The molecule has 1 aliphatic rings. The lowest BCUT2D eigenvalue weighted by Gasteiger charge is -2.07. The molecule has 1 heterocycles. The van der Waals surface area contributed by atoms with Gasteiger partial charge in [0.05, 0.1) is 6.61 Å². The first-order valence-electron chi connectivity index (χ1n) is 4.50. The predicted molar refractivity (Wildman–Crippen MR) is 45.1 cm³/mol. The van der Waals surface area contributed by atoms with Crippen molar-refractivity contribution in [3.05, 3.63) is 0 Å². The molecule has 0 aromatic heterocycles. The normalized spacial score (nSPS) is 26.3. The highest BCUT2D eigenvalue weighted by atomic mass is 16.6. The van der Waals surface area contributed by atoms with E-state index in [4.69, 9.17) is 9.47 Å². The SMILES string of the molecule is CCCC1N=NC(C(=O)OCC)O1. The molecule has 0 saturated carbocycles. The van der Waals surface area contributed by atoms with Gasteiger partial charge in [0.25, 0.3) is 6.23 Å². The minimum Gasteiger partial charge on any atom is -0.463 e.